The molecule has 7 heteroatoms. The van der Waals surface area contributed by atoms with Crippen LogP contribution < -0.4 is 0 Å². The van der Waals surface area contributed by atoms with Gasteiger partial charge in [-0.2, -0.15) is 0 Å². The van der Waals surface area contributed by atoms with E-state index in [1.165, 1.54) is 4.90 Å². The van der Waals surface area contributed by atoms with Gasteiger partial charge in [0.1, 0.15) is 0 Å². The van der Waals surface area contributed by atoms with Gasteiger partial charge in [-0.1, -0.05) is 0 Å². The minimum atomic E-state index is -1.10. The van der Waals surface area contributed by atoms with E-state index in [9.17, 15) is 14.4 Å². The summed E-state index contributed by atoms with van der Waals surface area (Å²) in [5.74, 6) is -3.11. The third-order valence-corrected chi connectivity index (χ3v) is 1.83. The first-order valence-electron chi connectivity index (χ1n) is 4.79. The summed E-state index contributed by atoms with van der Waals surface area (Å²) in [6.45, 7) is -0.426. The Morgan fingerprint density at radius 1 is 0.812 bits per heavy atom. The largest absolute Gasteiger partial charge is 0.481 e. The molecule has 0 atom stereocenters. The van der Waals surface area contributed by atoms with E-state index in [0.29, 0.717) is 12.8 Å². The van der Waals surface area contributed by atoms with Gasteiger partial charge in [-0.25, -0.2) is 0 Å². The molecule has 0 heterocycles. The molecule has 92 valence electrons. The van der Waals surface area contributed by atoms with E-state index in [0.717, 1.165) is 0 Å². The first-order chi connectivity index (χ1) is 7.41. The molecule has 16 heavy (non-hydrogen) atoms. The maximum absolute atomic E-state index is 10.4. The number of carboxylic acids is 3. The predicted molar refractivity (Wildman–Crippen MR) is 53.2 cm³/mol. The monoisotopic (exact) mass is 233 g/mol. The van der Waals surface area contributed by atoms with Gasteiger partial charge < -0.3 is 15.3 Å². The maximum atomic E-state index is 10.4. The van der Waals surface area contributed by atoms with Crippen LogP contribution in [-0.2, 0) is 14.4 Å². The average molecular weight is 233 g/mol. The molecule has 0 amide bonds. The minimum Gasteiger partial charge on any atom is -0.481 e. The molecule has 0 fully saturated rings. The molecule has 0 unspecified atom stereocenters. The van der Waals surface area contributed by atoms with Crippen molar-refractivity contribution >= 4 is 17.9 Å². The summed E-state index contributed by atoms with van der Waals surface area (Å²) in [7, 11) is 0. The highest BCUT2D eigenvalue weighted by molar-refractivity contribution is 5.72. The van der Waals surface area contributed by atoms with Crippen LogP contribution in [0, 0.1) is 0 Å². The van der Waals surface area contributed by atoms with Crippen LogP contribution >= 0.6 is 0 Å². The molecule has 0 aliphatic heterocycles. The highest BCUT2D eigenvalue weighted by Crippen LogP contribution is 1.99. The third-order valence-electron chi connectivity index (χ3n) is 1.83. The fourth-order valence-corrected chi connectivity index (χ4v) is 1.21. The van der Waals surface area contributed by atoms with Crippen molar-refractivity contribution in [1.82, 2.24) is 4.90 Å². The second kappa shape index (κ2) is 7.63. The predicted octanol–water partition coefficient (Wildman–Crippen LogP) is -0.288. The van der Waals surface area contributed by atoms with Crippen molar-refractivity contribution in [2.75, 3.05) is 19.6 Å². The van der Waals surface area contributed by atoms with Gasteiger partial charge in [-0.3, -0.25) is 19.3 Å². The molecule has 0 bridgehead atoms. The van der Waals surface area contributed by atoms with Crippen LogP contribution in [0.1, 0.15) is 19.3 Å². The van der Waals surface area contributed by atoms with Crippen molar-refractivity contribution in [2.24, 2.45) is 0 Å². The Morgan fingerprint density at radius 2 is 1.31 bits per heavy atom. The fraction of sp³-hybridized carbons (Fsp3) is 0.667. The molecule has 0 aliphatic rings. The summed E-state index contributed by atoms with van der Waals surface area (Å²) < 4.78 is 0. The number of unbranched alkanes of at least 4 members (excludes halogenated alkanes) is 1. The number of nitrogens with zero attached hydrogens (tertiary/aromatic N) is 1. The molecule has 0 saturated carbocycles. The molecule has 0 spiro atoms. The smallest absolute Gasteiger partial charge is 0.317 e. The van der Waals surface area contributed by atoms with Gasteiger partial charge in [-0.05, 0) is 19.4 Å². The summed E-state index contributed by atoms with van der Waals surface area (Å²) in [4.78, 5) is 32.3. The highest BCUT2D eigenvalue weighted by Gasteiger charge is 2.12. The molecule has 0 aromatic heterocycles. The van der Waals surface area contributed by atoms with Gasteiger partial charge in [0.25, 0.3) is 0 Å². The van der Waals surface area contributed by atoms with Gasteiger partial charge in [0.2, 0.25) is 0 Å². The number of carbonyl (C=O) groups is 3. The van der Waals surface area contributed by atoms with Crippen molar-refractivity contribution in [2.45, 2.75) is 19.3 Å². The first-order valence-corrected chi connectivity index (χ1v) is 4.79. The first kappa shape index (κ1) is 14.4. The second-order valence-corrected chi connectivity index (χ2v) is 3.35. The van der Waals surface area contributed by atoms with Crippen LogP contribution in [0.3, 0.4) is 0 Å². The zero-order valence-electron chi connectivity index (χ0n) is 8.76. The van der Waals surface area contributed by atoms with Crippen LogP contribution in [0.15, 0.2) is 0 Å². The molecule has 0 aromatic rings. The molecular weight excluding hydrogens is 218 g/mol. The van der Waals surface area contributed by atoms with E-state index in [-0.39, 0.29) is 26.1 Å². The minimum absolute atomic E-state index is 0.00792. The zero-order valence-corrected chi connectivity index (χ0v) is 8.76. The molecule has 3 N–H and O–H groups in total. The van der Waals surface area contributed by atoms with E-state index < -0.39 is 17.9 Å². The normalized spacial score (nSPS) is 10.3. The summed E-state index contributed by atoms with van der Waals surface area (Å²) in [6, 6.07) is 0. The molecule has 0 aliphatic carbocycles. The Labute approximate surface area is 92.3 Å². The summed E-state index contributed by atoms with van der Waals surface area (Å²) in [5.41, 5.74) is 0. The van der Waals surface area contributed by atoms with E-state index in [1.54, 1.807) is 0 Å². The Bertz CT molecular complexity index is 249. The quantitative estimate of drug-likeness (QED) is 0.469. The lowest BCUT2D eigenvalue weighted by Crippen LogP contribution is -2.35. The number of carboxylic acid groups (broad SMARTS) is 3. The molecule has 0 saturated heterocycles. The van der Waals surface area contributed by atoms with Gasteiger partial charge >= 0.3 is 17.9 Å². The van der Waals surface area contributed by atoms with Crippen molar-refractivity contribution in [1.29, 1.82) is 0 Å². The van der Waals surface area contributed by atoms with Crippen LogP contribution in [0.4, 0.5) is 0 Å². The van der Waals surface area contributed by atoms with Crippen molar-refractivity contribution in [3.63, 3.8) is 0 Å². The summed E-state index contributed by atoms with van der Waals surface area (Å²) in [6.07, 6.45) is 0.881. The van der Waals surface area contributed by atoms with E-state index in [1.807, 2.05) is 0 Å². The topological polar surface area (TPSA) is 115 Å². The molecule has 0 radical (unpaired) electrons. The summed E-state index contributed by atoms with van der Waals surface area (Å²) >= 11 is 0. The number of hydrogen-bond donors (Lipinski definition) is 3. The highest BCUT2D eigenvalue weighted by atomic mass is 16.4. The van der Waals surface area contributed by atoms with Crippen molar-refractivity contribution in [3.8, 4) is 0 Å². The van der Waals surface area contributed by atoms with Crippen molar-refractivity contribution in [3.05, 3.63) is 0 Å². The number of rotatable bonds is 9. The van der Waals surface area contributed by atoms with Crippen LogP contribution in [0.25, 0.3) is 0 Å². The number of hydrogen-bond acceptors (Lipinski definition) is 4. The van der Waals surface area contributed by atoms with E-state index in [4.69, 9.17) is 15.3 Å². The maximum Gasteiger partial charge on any atom is 0.317 e. The van der Waals surface area contributed by atoms with Crippen LogP contribution in [0.2, 0.25) is 0 Å². The molecular formula is C9H15NO6. The molecule has 0 aromatic carbocycles. The van der Waals surface area contributed by atoms with Gasteiger partial charge in [0.05, 0.1) is 13.1 Å². The van der Waals surface area contributed by atoms with Gasteiger partial charge in [0, 0.05) is 6.42 Å². The lowest BCUT2D eigenvalue weighted by atomic mass is 10.2. The zero-order chi connectivity index (χ0) is 12.6. The van der Waals surface area contributed by atoms with Gasteiger partial charge in [-0.15, -0.1) is 0 Å². The Morgan fingerprint density at radius 3 is 1.69 bits per heavy atom. The van der Waals surface area contributed by atoms with Crippen LogP contribution in [-0.4, -0.2) is 57.8 Å². The Hall–Kier alpha value is -1.63. The average Bonchev–Trinajstić information content (AvgIpc) is 2.09. The Balaban J connectivity index is 3.86. The molecule has 7 nitrogen and oxygen atoms in total. The standard InChI is InChI=1S/C9H15NO6/c11-7(12)3-1-2-4-10(5-8(13)14)6-9(15)16/h1-6H2,(H,11,12)(H,13,14)(H,15,16). The lowest BCUT2D eigenvalue weighted by Gasteiger charge is -2.17. The van der Waals surface area contributed by atoms with Crippen molar-refractivity contribution < 1.29 is 29.7 Å². The van der Waals surface area contributed by atoms with E-state index >= 15 is 0 Å². The fourth-order valence-electron chi connectivity index (χ4n) is 1.21. The second-order valence-electron chi connectivity index (χ2n) is 3.35. The van der Waals surface area contributed by atoms with Crippen LogP contribution in [0.5, 0.6) is 0 Å². The SMILES string of the molecule is O=C(O)CCCCN(CC(=O)O)CC(=O)O. The Kier molecular flexibility index (Phi) is 6.86. The third kappa shape index (κ3) is 8.95. The number of aliphatic carboxylic acids is 3. The van der Waals surface area contributed by atoms with E-state index in [2.05, 4.69) is 0 Å². The summed E-state index contributed by atoms with van der Waals surface area (Å²) in [5, 5.41) is 25.4. The lowest BCUT2D eigenvalue weighted by molar-refractivity contribution is -0.142. The molecule has 0 rings (SSSR count). The van der Waals surface area contributed by atoms with Gasteiger partial charge in [0.15, 0.2) is 0 Å².